The van der Waals surface area contributed by atoms with Gasteiger partial charge in [-0.3, -0.25) is 4.79 Å². The van der Waals surface area contributed by atoms with Gasteiger partial charge in [-0.15, -0.1) is 9.24 Å². The molecule has 64 valence electrons. The van der Waals surface area contributed by atoms with Gasteiger partial charge in [0.1, 0.15) is 5.78 Å². The van der Waals surface area contributed by atoms with Gasteiger partial charge in [0.05, 0.1) is 6.61 Å². The molecule has 5 heteroatoms. The van der Waals surface area contributed by atoms with Crippen molar-refractivity contribution in [2.75, 3.05) is 6.61 Å². The van der Waals surface area contributed by atoms with Crippen LogP contribution in [0.25, 0.3) is 0 Å². The third kappa shape index (κ3) is 4.73. The molecule has 2 atom stereocenters. The molecule has 0 aromatic carbocycles. The van der Waals surface area contributed by atoms with E-state index >= 15 is 0 Å². The second kappa shape index (κ2) is 5.08. The van der Waals surface area contributed by atoms with Crippen LogP contribution in [-0.2, 0) is 14.3 Å². The van der Waals surface area contributed by atoms with Crippen molar-refractivity contribution in [2.24, 2.45) is 0 Å². The van der Waals surface area contributed by atoms with Crippen LogP contribution in [0, 0.1) is 0 Å². The largest absolute Gasteiger partial charge is 0.464 e. The molecular weight excluding hydrogens is 165 g/mol. The number of hydrogen-bond donors (Lipinski definition) is 1. The van der Waals surface area contributed by atoms with Gasteiger partial charge in [0.25, 0.3) is 0 Å². The van der Waals surface area contributed by atoms with E-state index in [1.54, 1.807) is 6.92 Å². The van der Waals surface area contributed by atoms with Crippen molar-refractivity contribution in [3.63, 3.8) is 0 Å². The van der Waals surface area contributed by atoms with Crippen LogP contribution in [0.5, 0.6) is 0 Å². The lowest BCUT2D eigenvalue weighted by atomic mass is 10.6. The van der Waals surface area contributed by atoms with Gasteiger partial charge in [0.15, 0.2) is 0 Å². The highest BCUT2D eigenvalue weighted by Crippen LogP contribution is 1.97. The minimum Gasteiger partial charge on any atom is -0.464 e. The minimum absolute atomic E-state index is 0.252. The molecule has 0 radical (unpaired) electrons. The number of carbonyl (C=O) groups is 2. The molecule has 0 rings (SSSR count). The second-order valence-corrected chi connectivity index (χ2v) is 2.60. The summed E-state index contributed by atoms with van der Waals surface area (Å²) in [6, 6.07) is 0. The quantitative estimate of drug-likeness (QED) is 0.483. The molecule has 0 aliphatic carbocycles. The molecule has 0 fully saturated rings. The maximum absolute atomic E-state index is 10.8. The molecular formula is C6H12NO3P. The first-order valence-corrected chi connectivity index (χ1v) is 3.94. The molecule has 0 aromatic heterocycles. The van der Waals surface area contributed by atoms with Crippen molar-refractivity contribution in [3.05, 3.63) is 0 Å². The van der Waals surface area contributed by atoms with Crippen molar-refractivity contribution in [2.45, 2.75) is 19.6 Å². The number of ether oxygens (including phenoxy) is 1. The molecule has 2 unspecified atom stereocenters. The van der Waals surface area contributed by atoms with E-state index in [9.17, 15) is 9.59 Å². The lowest BCUT2D eigenvalue weighted by Gasteiger charge is -2.09. The molecule has 0 bridgehead atoms. The van der Waals surface area contributed by atoms with E-state index in [0.717, 1.165) is 0 Å². The Labute approximate surface area is 67.9 Å². The number of esters is 1. The topological polar surface area (TPSA) is 55.4 Å². The molecule has 0 saturated heterocycles. The maximum Gasteiger partial charge on any atom is 0.332 e. The van der Waals surface area contributed by atoms with Crippen molar-refractivity contribution in [3.8, 4) is 0 Å². The Morgan fingerprint density at radius 1 is 1.64 bits per heavy atom. The van der Waals surface area contributed by atoms with Crippen LogP contribution in [-0.4, -0.2) is 24.3 Å². The first-order valence-electron chi connectivity index (χ1n) is 3.27. The third-order valence-corrected chi connectivity index (χ3v) is 1.34. The van der Waals surface area contributed by atoms with Crippen LogP contribution in [0.2, 0.25) is 0 Å². The van der Waals surface area contributed by atoms with E-state index in [0.29, 0.717) is 6.61 Å². The summed E-state index contributed by atoms with van der Waals surface area (Å²) in [6.07, 6.45) is 0. The molecule has 0 heterocycles. The fourth-order valence-corrected chi connectivity index (χ4v) is 0.841. The SMILES string of the molecule is CCOC(=O)C(P)NC(C)=O. The lowest BCUT2D eigenvalue weighted by molar-refractivity contribution is -0.144. The molecule has 11 heavy (non-hydrogen) atoms. The van der Waals surface area contributed by atoms with Gasteiger partial charge >= 0.3 is 5.97 Å². The van der Waals surface area contributed by atoms with E-state index in [4.69, 9.17) is 0 Å². The number of carbonyl (C=O) groups excluding carboxylic acids is 2. The summed E-state index contributed by atoms with van der Waals surface area (Å²) in [7, 11) is 2.19. The summed E-state index contributed by atoms with van der Waals surface area (Å²) >= 11 is 0. The number of nitrogens with one attached hydrogen (secondary N) is 1. The van der Waals surface area contributed by atoms with Gasteiger partial charge in [-0.2, -0.15) is 0 Å². The summed E-state index contributed by atoms with van der Waals surface area (Å²) in [5.74, 6) is -1.32. The Kier molecular flexibility index (Phi) is 4.79. The highest BCUT2D eigenvalue weighted by Gasteiger charge is 2.13. The first-order chi connectivity index (χ1) is 5.07. The number of hydrogen-bond acceptors (Lipinski definition) is 3. The van der Waals surface area contributed by atoms with Crippen LogP contribution < -0.4 is 5.32 Å². The molecule has 4 nitrogen and oxygen atoms in total. The summed E-state index contributed by atoms with van der Waals surface area (Å²) in [4.78, 5) is 21.3. The van der Waals surface area contributed by atoms with E-state index in [1.807, 2.05) is 0 Å². The Morgan fingerprint density at radius 3 is 2.55 bits per heavy atom. The van der Waals surface area contributed by atoms with Crippen molar-refractivity contribution in [1.82, 2.24) is 5.32 Å². The molecule has 0 saturated carbocycles. The fraction of sp³-hybridized carbons (Fsp3) is 0.667. The van der Waals surface area contributed by atoms with Gasteiger partial charge in [-0.05, 0) is 6.92 Å². The molecule has 0 aliphatic rings. The zero-order valence-corrected chi connectivity index (χ0v) is 7.74. The van der Waals surface area contributed by atoms with Gasteiger partial charge < -0.3 is 10.1 Å². The number of amides is 1. The third-order valence-electron chi connectivity index (χ3n) is 0.899. The van der Waals surface area contributed by atoms with Gasteiger partial charge in [0, 0.05) is 6.92 Å². The smallest absolute Gasteiger partial charge is 0.332 e. The van der Waals surface area contributed by atoms with E-state index < -0.39 is 11.8 Å². The fourth-order valence-electron chi connectivity index (χ4n) is 0.510. The van der Waals surface area contributed by atoms with Gasteiger partial charge in [-0.1, -0.05) is 0 Å². The Bertz CT molecular complexity index is 160. The first kappa shape index (κ1) is 10.4. The lowest BCUT2D eigenvalue weighted by Crippen LogP contribution is -2.35. The monoisotopic (exact) mass is 177 g/mol. The van der Waals surface area contributed by atoms with Crippen LogP contribution in [0.3, 0.4) is 0 Å². The number of rotatable bonds is 3. The normalized spacial score (nSPS) is 11.9. The van der Waals surface area contributed by atoms with Crippen LogP contribution in [0.15, 0.2) is 0 Å². The standard InChI is InChI=1S/C6H12NO3P/c1-3-10-6(9)5(11)7-4(2)8/h5H,3,11H2,1-2H3,(H,7,8). The summed E-state index contributed by atoms with van der Waals surface area (Å²) < 4.78 is 4.63. The predicted molar refractivity (Wildman–Crippen MR) is 43.9 cm³/mol. The zero-order valence-electron chi connectivity index (χ0n) is 6.59. The molecule has 1 N–H and O–H groups in total. The molecule has 0 spiro atoms. The average molecular weight is 177 g/mol. The Balaban J connectivity index is 3.73. The van der Waals surface area contributed by atoms with E-state index in [2.05, 4.69) is 19.3 Å². The van der Waals surface area contributed by atoms with Crippen molar-refractivity contribution in [1.29, 1.82) is 0 Å². The summed E-state index contributed by atoms with van der Waals surface area (Å²) in [5.41, 5.74) is 0. The Morgan fingerprint density at radius 2 is 2.18 bits per heavy atom. The van der Waals surface area contributed by atoms with Gasteiger partial charge in [0.2, 0.25) is 5.91 Å². The van der Waals surface area contributed by atoms with Gasteiger partial charge in [-0.25, -0.2) is 4.79 Å². The summed E-state index contributed by atoms with van der Waals surface area (Å²) in [5, 5.41) is 2.38. The van der Waals surface area contributed by atoms with Crippen molar-refractivity contribution < 1.29 is 14.3 Å². The summed E-state index contributed by atoms with van der Waals surface area (Å²) in [6.45, 7) is 3.38. The van der Waals surface area contributed by atoms with E-state index in [1.165, 1.54) is 6.92 Å². The second-order valence-electron chi connectivity index (χ2n) is 1.93. The average Bonchev–Trinajstić information content (AvgIpc) is 1.86. The Hall–Kier alpha value is -0.630. The molecule has 1 amide bonds. The molecule has 0 aromatic rings. The zero-order chi connectivity index (χ0) is 8.85. The minimum atomic E-state index is -0.632. The van der Waals surface area contributed by atoms with Crippen LogP contribution >= 0.6 is 9.24 Å². The van der Waals surface area contributed by atoms with Crippen LogP contribution in [0.4, 0.5) is 0 Å². The predicted octanol–water partition coefficient (Wildman–Crippen LogP) is -0.113. The maximum atomic E-state index is 10.8. The highest BCUT2D eigenvalue weighted by atomic mass is 31.0. The van der Waals surface area contributed by atoms with Crippen molar-refractivity contribution >= 4 is 21.1 Å². The highest BCUT2D eigenvalue weighted by molar-refractivity contribution is 7.19. The van der Waals surface area contributed by atoms with Crippen LogP contribution in [0.1, 0.15) is 13.8 Å². The molecule has 0 aliphatic heterocycles. The van der Waals surface area contributed by atoms with E-state index in [-0.39, 0.29) is 5.91 Å².